The molecule has 0 aliphatic carbocycles. The van der Waals surface area contributed by atoms with Crippen molar-refractivity contribution in [2.24, 2.45) is 0 Å². The van der Waals surface area contributed by atoms with Gasteiger partial charge in [-0.1, -0.05) is 0 Å². The molecule has 0 saturated carbocycles. The van der Waals surface area contributed by atoms with Gasteiger partial charge in [-0.25, -0.2) is 4.98 Å². The van der Waals surface area contributed by atoms with Gasteiger partial charge < -0.3 is 0 Å². The third-order valence-electron chi connectivity index (χ3n) is 4.36. The number of aromatic amines is 1. The molecule has 7 nitrogen and oxygen atoms in total. The normalized spacial score (nSPS) is 11.8. The van der Waals surface area contributed by atoms with Crippen molar-refractivity contribution in [2.75, 3.05) is 0 Å². The Kier molecular flexibility index (Phi) is 4.07. The van der Waals surface area contributed by atoms with Gasteiger partial charge in [0.1, 0.15) is 5.56 Å². The maximum atomic E-state index is 12.9. The van der Waals surface area contributed by atoms with Crippen molar-refractivity contribution in [3.05, 3.63) is 70.7 Å². The lowest BCUT2D eigenvalue weighted by atomic mass is 10.1. The first-order valence-corrected chi connectivity index (χ1v) is 8.75. The van der Waals surface area contributed by atoms with Crippen LogP contribution in [0.1, 0.15) is 32.0 Å². The lowest BCUT2D eigenvalue weighted by Crippen LogP contribution is -2.25. The van der Waals surface area contributed by atoms with Gasteiger partial charge in [0.05, 0.1) is 11.2 Å². The lowest BCUT2D eigenvalue weighted by molar-refractivity contribution is 0.355. The first kappa shape index (κ1) is 17.1. The van der Waals surface area contributed by atoms with Crippen molar-refractivity contribution in [1.29, 1.82) is 0 Å². The van der Waals surface area contributed by atoms with Gasteiger partial charge >= 0.3 is 0 Å². The number of rotatable bonds is 3. The smallest absolute Gasteiger partial charge is 0.284 e. The van der Waals surface area contributed by atoms with E-state index in [9.17, 15) is 4.79 Å². The molecular formula is C20H20N6O. The molecule has 2 aliphatic heterocycles. The summed E-state index contributed by atoms with van der Waals surface area (Å²) in [5.41, 5.74) is 2.60. The SMILES string of the molecule is CC(C)(C)n1[nH]c(Cc2ccncc2)c2c(=O)nc(-c3ccncc3)nc1-2. The number of nitrogens with zero attached hydrogens (tertiary/aromatic N) is 5. The average Bonchev–Trinajstić information content (AvgIpc) is 3.02. The molecule has 2 aromatic heterocycles. The number of aromatic nitrogens is 6. The van der Waals surface area contributed by atoms with E-state index in [-0.39, 0.29) is 11.1 Å². The van der Waals surface area contributed by atoms with Crippen molar-refractivity contribution in [2.45, 2.75) is 32.7 Å². The highest BCUT2D eigenvalue weighted by Gasteiger charge is 2.28. The van der Waals surface area contributed by atoms with E-state index in [1.54, 1.807) is 36.9 Å². The van der Waals surface area contributed by atoms with E-state index in [2.05, 4.69) is 40.8 Å². The Bertz CT molecular complexity index is 1090. The van der Waals surface area contributed by atoms with Crippen LogP contribution in [0.5, 0.6) is 0 Å². The molecule has 2 aromatic rings. The molecule has 1 N–H and O–H groups in total. The predicted octanol–water partition coefficient (Wildman–Crippen LogP) is 2.87. The fourth-order valence-corrected chi connectivity index (χ4v) is 3.05. The third-order valence-corrected chi connectivity index (χ3v) is 4.36. The van der Waals surface area contributed by atoms with E-state index in [0.29, 0.717) is 23.6 Å². The Morgan fingerprint density at radius 3 is 2.22 bits per heavy atom. The number of nitrogens with one attached hydrogen (secondary N) is 1. The van der Waals surface area contributed by atoms with Crippen LogP contribution in [0.3, 0.4) is 0 Å². The minimum absolute atomic E-state index is 0.273. The number of hydrogen-bond acceptors (Lipinski definition) is 5. The Labute approximate surface area is 156 Å². The second-order valence-electron chi connectivity index (χ2n) is 7.42. The van der Waals surface area contributed by atoms with Gasteiger partial charge in [-0.15, -0.1) is 0 Å². The Hall–Kier alpha value is -3.35. The highest BCUT2D eigenvalue weighted by molar-refractivity contribution is 5.65. The molecule has 0 bridgehead atoms. The van der Waals surface area contributed by atoms with Crippen LogP contribution in [0.4, 0.5) is 0 Å². The molecule has 2 aliphatic rings. The van der Waals surface area contributed by atoms with E-state index in [0.717, 1.165) is 16.8 Å². The summed E-state index contributed by atoms with van der Waals surface area (Å²) in [5.74, 6) is 1.01. The number of hydrogen-bond donors (Lipinski definition) is 1. The van der Waals surface area contributed by atoms with Crippen LogP contribution >= 0.6 is 0 Å². The van der Waals surface area contributed by atoms with Crippen LogP contribution in [-0.2, 0) is 12.0 Å². The topological polar surface area (TPSA) is 89.4 Å². The molecule has 4 heterocycles. The highest BCUT2D eigenvalue weighted by Crippen LogP contribution is 2.29. The van der Waals surface area contributed by atoms with Gasteiger partial charge in [0.15, 0.2) is 11.6 Å². The fraction of sp³-hybridized carbons (Fsp3) is 0.250. The molecule has 0 spiro atoms. The number of pyridine rings is 2. The Morgan fingerprint density at radius 2 is 1.59 bits per heavy atom. The van der Waals surface area contributed by atoms with Crippen LogP contribution in [0.25, 0.3) is 22.8 Å². The van der Waals surface area contributed by atoms with Gasteiger partial charge in [0.25, 0.3) is 5.56 Å². The second kappa shape index (κ2) is 6.42. The van der Waals surface area contributed by atoms with Crippen LogP contribution < -0.4 is 5.56 Å². The monoisotopic (exact) mass is 360 g/mol. The fourth-order valence-electron chi connectivity index (χ4n) is 3.05. The van der Waals surface area contributed by atoms with Gasteiger partial charge in [-0.2, -0.15) is 4.98 Å². The van der Waals surface area contributed by atoms with Crippen LogP contribution in [0.2, 0.25) is 0 Å². The highest BCUT2D eigenvalue weighted by atomic mass is 16.1. The molecule has 0 fully saturated rings. The Balaban J connectivity index is 1.92. The maximum absolute atomic E-state index is 12.9. The van der Waals surface area contributed by atoms with Crippen LogP contribution in [0.15, 0.2) is 53.8 Å². The predicted molar refractivity (Wildman–Crippen MR) is 103 cm³/mol. The van der Waals surface area contributed by atoms with Gasteiger partial charge in [0.2, 0.25) is 0 Å². The molecular weight excluding hydrogens is 340 g/mol. The van der Waals surface area contributed by atoms with Crippen LogP contribution in [-0.4, -0.2) is 29.7 Å². The van der Waals surface area contributed by atoms with E-state index in [1.807, 2.05) is 16.8 Å². The minimum Gasteiger partial charge on any atom is -0.299 e. The van der Waals surface area contributed by atoms with Crippen LogP contribution in [0, 0.1) is 0 Å². The van der Waals surface area contributed by atoms with Crippen molar-refractivity contribution in [3.8, 4) is 22.8 Å². The molecule has 0 atom stereocenters. The van der Waals surface area contributed by atoms with E-state index >= 15 is 0 Å². The molecule has 0 saturated heterocycles. The number of H-pyrrole nitrogens is 1. The summed E-state index contributed by atoms with van der Waals surface area (Å²) in [6, 6.07) is 7.47. The van der Waals surface area contributed by atoms with Crippen molar-refractivity contribution in [1.82, 2.24) is 29.7 Å². The summed E-state index contributed by atoms with van der Waals surface area (Å²) >= 11 is 0. The molecule has 0 unspecified atom stereocenters. The largest absolute Gasteiger partial charge is 0.299 e. The summed E-state index contributed by atoms with van der Waals surface area (Å²) in [6.07, 6.45) is 7.40. The zero-order valence-corrected chi connectivity index (χ0v) is 15.5. The number of fused-ring (bicyclic) bond motifs is 1. The quantitative estimate of drug-likeness (QED) is 0.607. The summed E-state index contributed by atoms with van der Waals surface area (Å²) in [5, 5.41) is 3.38. The standard InChI is InChI=1S/C20H20N6O/c1-20(2,3)26-18-16(15(25-26)12-13-4-8-21-9-5-13)19(27)24-17(23-18)14-6-10-22-11-7-14/h4-11,25H,12H2,1-3H3. The second-order valence-corrected chi connectivity index (χ2v) is 7.42. The van der Waals surface area contributed by atoms with E-state index in [1.165, 1.54) is 0 Å². The molecule has 4 rings (SSSR count). The zero-order valence-electron chi connectivity index (χ0n) is 15.5. The minimum atomic E-state index is -0.282. The molecule has 7 heteroatoms. The van der Waals surface area contributed by atoms with Crippen molar-refractivity contribution >= 4 is 0 Å². The molecule has 0 aromatic carbocycles. The van der Waals surface area contributed by atoms with Gasteiger partial charge in [0, 0.05) is 36.8 Å². The molecule has 0 radical (unpaired) electrons. The first-order valence-electron chi connectivity index (χ1n) is 8.75. The van der Waals surface area contributed by atoms with Crippen molar-refractivity contribution < 1.29 is 0 Å². The Morgan fingerprint density at radius 1 is 0.963 bits per heavy atom. The summed E-state index contributed by atoms with van der Waals surface area (Å²) in [4.78, 5) is 29.9. The van der Waals surface area contributed by atoms with Crippen molar-refractivity contribution in [3.63, 3.8) is 0 Å². The van der Waals surface area contributed by atoms with E-state index in [4.69, 9.17) is 4.98 Å². The zero-order chi connectivity index (χ0) is 19.0. The summed E-state index contributed by atoms with van der Waals surface area (Å²) in [6.45, 7) is 6.20. The maximum Gasteiger partial charge on any atom is 0.284 e. The lowest BCUT2D eigenvalue weighted by Gasteiger charge is -2.22. The molecule has 0 amide bonds. The average molecular weight is 360 g/mol. The molecule has 136 valence electrons. The van der Waals surface area contributed by atoms with E-state index < -0.39 is 0 Å². The van der Waals surface area contributed by atoms with Gasteiger partial charge in [-0.3, -0.25) is 24.5 Å². The third kappa shape index (κ3) is 3.23. The first-order chi connectivity index (χ1) is 12.9. The summed E-state index contributed by atoms with van der Waals surface area (Å²) in [7, 11) is 0. The summed E-state index contributed by atoms with van der Waals surface area (Å²) < 4.78 is 1.94. The molecule has 27 heavy (non-hydrogen) atoms. The van der Waals surface area contributed by atoms with Gasteiger partial charge in [-0.05, 0) is 50.6 Å².